The van der Waals surface area contributed by atoms with Gasteiger partial charge >= 0.3 is 0 Å². The topological polar surface area (TPSA) is 108 Å². The van der Waals surface area contributed by atoms with Crippen molar-refractivity contribution in [3.05, 3.63) is 24.3 Å². The van der Waals surface area contributed by atoms with Gasteiger partial charge in [0.15, 0.2) is 6.61 Å². The van der Waals surface area contributed by atoms with E-state index < -0.39 is 5.91 Å². The number of rotatable bonds is 3. The number of likely N-dealkylation sites (tertiary alicyclic amines) is 1. The molecule has 0 unspecified atom stereocenters. The van der Waals surface area contributed by atoms with Crippen molar-refractivity contribution in [1.82, 2.24) is 15.8 Å². The second-order valence-electron chi connectivity index (χ2n) is 6.58. The molecule has 1 aromatic rings. The zero-order valence-electron chi connectivity index (χ0n) is 15.1. The Bertz CT molecular complexity index is 766. The number of carbonyl (C=O) groups excluding carboxylic acids is 4. The predicted molar refractivity (Wildman–Crippen MR) is 95.6 cm³/mol. The Kier molecular flexibility index (Phi) is 5.58. The number of hydrogen-bond acceptors (Lipinski definition) is 5. The molecule has 1 atom stereocenters. The number of nitrogens with one attached hydrogen (secondary N) is 2. The van der Waals surface area contributed by atoms with E-state index in [1.54, 1.807) is 29.2 Å². The first-order chi connectivity index (χ1) is 13.0. The highest BCUT2D eigenvalue weighted by Crippen LogP contribution is 2.31. The minimum Gasteiger partial charge on any atom is -0.482 e. The van der Waals surface area contributed by atoms with Crippen LogP contribution in [0.25, 0.3) is 0 Å². The summed E-state index contributed by atoms with van der Waals surface area (Å²) in [5.74, 6) is -1.11. The predicted octanol–water partition coefficient (Wildman–Crippen LogP) is -0.182. The molecule has 0 bridgehead atoms. The van der Waals surface area contributed by atoms with E-state index in [4.69, 9.17) is 4.74 Å². The molecule has 0 saturated carbocycles. The van der Waals surface area contributed by atoms with Crippen molar-refractivity contribution in [2.75, 3.05) is 31.1 Å². The largest absolute Gasteiger partial charge is 0.482 e. The van der Waals surface area contributed by atoms with Crippen LogP contribution >= 0.6 is 0 Å². The monoisotopic (exact) mass is 374 g/mol. The zero-order valence-corrected chi connectivity index (χ0v) is 15.1. The summed E-state index contributed by atoms with van der Waals surface area (Å²) in [6, 6.07) is 6.94. The number of para-hydroxylation sites is 2. The molecule has 2 N–H and O–H groups in total. The van der Waals surface area contributed by atoms with Crippen molar-refractivity contribution in [3.63, 3.8) is 0 Å². The summed E-state index contributed by atoms with van der Waals surface area (Å²) in [6.45, 7) is 2.08. The van der Waals surface area contributed by atoms with Gasteiger partial charge in [0, 0.05) is 20.0 Å². The molecule has 2 heterocycles. The molecule has 3 rings (SSSR count). The van der Waals surface area contributed by atoms with Crippen molar-refractivity contribution < 1.29 is 23.9 Å². The fraction of sp³-hybridized carbons (Fsp3) is 0.444. The summed E-state index contributed by atoms with van der Waals surface area (Å²) in [5.41, 5.74) is 5.25. The van der Waals surface area contributed by atoms with E-state index in [1.165, 1.54) is 11.8 Å². The third kappa shape index (κ3) is 4.36. The highest BCUT2D eigenvalue weighted by molar-refractivity contribution is 6.02. The van der Waals surface area contributed by atoms with Gasteiger partial charge in [0.1, 0.15) is 12.3 Å². The Morgan fingerprint density at radius 2 is 2.00 bits per heavy atom. The summed E-state index contributed by atoms with van der Waals surface area (Å²) in [4.78, 5) is 50.9. The third-order valence-corrected chi connectivity index (χ3v) is 4.67. The van der Waals surface area contributed by atoms with Gasteiger partial charge in [0.25, 0.3) is 11.8 Å². The molecule has 9 nitrogen and oxygen atoms in total. The van der Waals surface area contributed by atoms with E-state index >= 15 is 0 Å². The number of amides is 4. The quantitative estimate of drug-likeness (QED) is 0.714. The zero-order chi connectivity index (χ0) is 19.4. The van der Waals surface area contributed by atoms with Crippen molar-refractivity contribution in [3.8, 4) is 5.75 Å². The lowest BCUT2D eigenvalue weighted by atomic mass is 9.97. The van der Waals surface area contributed by atoms with Crippen molar-refractivity contribution >= 4 is 29.3 Å². The average molecular weight is 374 g/mol. The Morgan fingerprint density at radius 1 is 1.22 bits per heavy atom. The number of hydrogen-bond donors (Lipinski definition) is 2. The summed E-state index contributed by atoms with van der Waals surface area (Å²) < 4.78 is 5.33. The molecule has 144 valence electrons. The van der Waals surface area contributed by atoms with Crippen LogP contribution in [0.2, 0.25) is 0 Å². The number of hydrazine groups is 1. The summed E-state index contributed by atoms with van der Waals surface area (Å²) in [6.07, 6.45) is 1.39. The van der Waals surface area contributed by atoms with E-state index in [-0.39, 0.29) is 36.8 Å². The van der Waals surface area contributed by atoms with Crippen LogP contribution in [-0.4, -0.2) is 54.8 Å². The van der Waals surface area contributed by atoms with Crippen molar-refractivity contribution in [2.45, 2.75) is 19.8 Å². The maximum absolute atomic E-state index is 12.3. The number of benzene rings is 1. The molecule has 2 aliphatic heterocycles. The van der Waals surface area contributed by atoms with Crippen LogP contribution in [0.4, 0.5) is 5.69 Å². The molecule has 0 aliphatic carbocycles. The van der Waals surface area contributed by atoms with Gasteiger partial charge in [-0.2, -0.15) is 0 Å². The van der Waals surface area contributed by atoms with Gasteiger partial charge in [0.05, 0.1) is 11.6 Å². The van der Waals surface area contributed by atoms with Crippen LogP contribution in [0.1, 0.15) is 19.8 Å². The molecule has 0 spiro atoms. The minimum atomic E-state index is -0.521. The van der Waals surface area contributed by atoms with Crippen LogP contribution in [0, 0.1) is 5.92 Å². The molecule has 4 amide bonds. The molecule has 1 saturated heterocycles. The molecule has 1 fully saturated rings. The van der Waals surface area contributed by atoms with E-state index in [2.05, 4.69) is 10.9 Å². The first-order valence-electron chi connectivity index (χ1n) is 8.82. The molecule has 27 heavy (non-hydrogen) atoms. The summed E-state index contributed by atoms with van der Waals surface area (Å²) in [7, 11) is 0. The minimum absolute atomic E-state index is 0.0685. The van der Waals surface area contributed by atoms with Crippen LogP contribution < -0.4 is 20.5 Å². The lowest BCUT2D eigenvalue weighted by Crippen LogP contribution is -2.52. The SMILES string of the molecule is CC(=O)N1CCC[C@@H](C(=O)NNC(=O)CN2C(=O)COc3ccccc32)C1. The van der Waals surface area contributed by atoms with Crippen molar-refractivity contribution in [2.24, 2.45) is 5.92 Å². The van der Waals surface area contributed by atoms with E-state index in [1.807, 2.05) is 0 Å². The normalized spacial score (nSPS) is 19.0. The van der Waals surface area contributed by atoms with Gasteiger partial charge in [-0.25, -0.2) is 0 Å². The van der Waals surface area contributed by atoms with E-state index in [0.717, 1.165) is 6.42 Å². The van der Waals surface area contributed by atoms with Crippen LogP contribution in [0.3, 0.4) is 0 Å². The lowest BCUT2D eigenvalue weighted by molar-refractivity contribution is -0.136. The molecule has 2 aliphatic rings. The number of ether oxygens (including phenoxy) is 1. The van der Waals surface area contributed by atoms with Gasteiger partial charge in [-0.3, -0.25) is 34.9 Å². The van der Waals surface area contributed by atoms with Gasteiger partial charge in [-0.05, 0) is 25.0 Å². The smallest absolute Gasteiger partial charge is 0.265 e. The molecule has 9 heteroatoms. The molecular weight excluding hydrogens is 352 g/mol. The third-order valence-electron chi connectivity index (χ3n) is 4.67. The first-order valence-corrected chi connectivity index (χ1v) is 8.82. The number of nitrogens with zero attached hydrogens (tertiary/aromatic N) is 2. The van der Waals surface area contributed by atoms with Gasteiger partial charge in [-0.1, -0.05) is 12.1 Å². The van der Waals surface area contributed by atoms with Gasteiger partial charge < -0.3 is 9.64 Å². The highest BCUT2D eigenvalue weighted by Gasteiger charge is 2.29. The maximum Gasteiger partial charge on any atom is 0.265 e. The Morgan fingerprint density at radius 3 is 2.78 bits per heavy atom. The number of anilines is 1. The molecule has 1 aromatic carbocycles. The summed E-state index contributed by atoms with van der Waals surface area (Å²) in [5, 5.41) is 0. The average Bonchev–Trinajstić information content (AvgIpc) is 2.68. The van der Waals surface area contributed by atoms with Gasteiger partial charge in [0.2, 0.25) is 11.8 Å². The Labute approximate surface area is 156 Å². The summed E-state index contributed by atoms with van der Waals surface area (Å²) >= 11 is 0. The number of piperidine rings is 1. The van der Waals surface area contributed by atoms with Crippen LogP contribution in [0.5, 0.6) is 5.75 Å². The Hall–Kier alpha value is -3.10. The highest BCUT2D eigenvalue weighted by atomic mass is 16.5. The Balaban J connectivity index is 1.53. The van der Waals surface area contributed by atoms with Gasteiger partial charge in [-0.15, -0.1) is 0 Å². The number of carbonyl (C=O) groups is 4. The van der Waals surface area contributed by atoms with E-state index in [9.17, 15) is 19.2 Å². The first kappa shape index (κ1) is 18.7. The fourth-order valence-electron chi connectivity index (χ4n) is 3.22. The molecule has 0 radical (unpaired) electrons. The van der Waals surface area contributed by atoms with E-state index in [0.29, 0.717) is 30.9 Å². The van der Waals surface area contributed by atoms with Crippen LogP contribution in [-0.2, 0) is 19.2 Å². The van der Waals surface area contributed by atoms with Crippen LogP contribution in [0.15, 0.2) is 24.3 Å². The maximum atomic E-state index is 12.3. The second kappa shape index (κ2) is 8.07. The molecular formula is C18H22N4O5. The fourth-order valence-corrected chi connectivity index (χ4v) is 3.22. The lowest BCUT2D eigenvalue weighted by Gasteiger charge is -2.31. The number of fused-ring (bicyclic) bond motifs is 1. The standard InChI is InChI=1S/C18H22N4O5/c1-12(23)21-8-4-5-13(9-21)18(26)20-19-16(24)10-22-14-6-2-3-7-15(14)27-11-17(22)25/h2-3,6-7,13H,4-5,8-11H2,1H3,(H,19,24)(H,20,26)/t13-/m1/s1. The van der Waals surface area contributed by atoms with Crippen molar-refractivity contribution in [1.29, 1.82) is 0 Å². The molecule has 0 aromatic heterocycles. The second-order valence-corrected chi connectivity index (χ2v) is 6.58.